The Labute approximate surface area is 158 Å². The molecule has 0 aliphatic rings. The normalized spacial score (nSPS) is 11.2. The Kier molecular flexibility index (Phi) is 5.90. The van der Waals surface area contributed by atoms with Gasteiger partial charge in [0.1, 0.15) is 5.75 Å². The molecule has 28 heavy (non-hydrogen) atoms. The van der Waals surface area contributed by atoms with Crippen LogP contribution in [0.1, 0.15) is 11.5 Å². The van der Waals surface area contributed by atoms with Crippen LogP contribution in [0.5, 0.6) is 5.75 Å². The lowest BCUT2D eigenvalue weighted by Gasteiger charge is -2.15. The molecule has 0 spiro atoms. The molecule has 1 aromatic heterocycles. The summed E-state index contributed by atoms with van der Waals surface area (Å²) in [4.78, 5) is 16.5. The van der Waals surface area contributed by atoms with Crippen LogP contribution in [0.2, 0.25) is 0 Å². The summed E-state index contributed by atoms with van der Waals surface area (Å²) in [6.45, 7) is -2.13. The number of aromatic nitrogens is 2. The van der Waals surface area contributed by atoms with Crippen molar-refractivity contribution in [2.45, 2.75) is 19.7 Å². The lowest BCUT2D eigenvalue weighted by molar-refractivity contribution is -0.384. The molecular formula is C18H16F2N4O4. The summed E-state index contributed by atoms with van der Waals surface area (Å²) in [5, 5.41) is 14.7. The molecule has 0 aliphatic heterocycles. The first-order chi connectivity index (χ1) is 13.4. The predicted octanol–water partition coefficient (Wildman–Crippen LogP) is 3.88. The van der Waals surface area contributed by atoms with Gasteiger partial charge in [0.25, 0.3) is 5.69 Å². The number of benzene rings is 2. The summed E-state index contributed by atoms with van der Waals surface area (Å²) < 4.78 is 34.2. The van der Waals surface area contributed by atoms with E-state index in [4.69, 9.17) is 4.52 Å². The van der Waals surface area contributed by atoms with Crippen LogP contribution in [0.3, 0.4) is 0 Å². The minimum atomic E-state index is -2.88. The second-order valence-corrected chi connectivity index (χ2v) is 6.02. The number of ether oxygens (including phenoxy) is 1. The summed E-state index contributed by atoms with van der Waals surface area (Å²) in [5.41, 5.74) is 1.19. The Morgan fingerprint density at radius 2 is 2.00 bits per heavy atom. The van der Waals surface area contributed by atoms with Gasteiger partial charge in [-0.1, -0.05) is 29.4 Å². The van der Waals surface area contributed by atoms with E-state index in [0.29, 0.717) is 24.5 Å². The Morgan fingerprint density at radius 1 is 1.21 bits per heavy atom. The molecule has 0 saturated carbocycles. The highest BCUT2D eigenvalue weighted by Crippen LogP contribution is 2.22. The molecule has 0 atom stereocenters. The van der Waals surface area contributed by atoms with Crippen molar-refractivity contribution in [1.29, 1.82) is 0 Å². The minimum absolute atomic E-state index is 0.0631. The molecule has 2 aromatic carbocycles. The van der Waals surface area contributed by atoms with E-state index >= 15 is 0 Å². The molecule has 0 saturated heterocycles. The monoisotopic (exact) mass is 390 g/mol. The second-order valence-electron chi connectivity index (χ2n) is 6.02. The predicted molar refractivity (Wildman–Crippen MR) is 94.6 cm³/mol. The molecule has 8 nitrogen and oxygen atoms in total. The van der Waals surface area contributed by atoms with Crippen LogP contribution in [0.25, 0.3) is 11.4 Å². The van der Waals surface area contributed by atoms with Gasteiger partial charge in [-0.2, -0.15) is 13.8 Å². The van der Waals surface area contributed by atoms with Crippen molar-refractivity contribution in [3.05, 3.63) is 70.1 Å². The van der Waals surface area contributed by atoms with Gasteiger partial charge in [0.2, 0.25) is 11.7 Å². The zero-order valence-corrected chi connectivity index (χ0v) is 14.8. The van der Waals surface area contributed by atoms with Crippen LogP contribution in [0.4, 0.5) is 14.5 Å². The first-order valence-corrected chi connectivity index (χ1v) is 8.20. The average molecular weight is 390 g/mol. The number of rotatable bonds is 8. The van der Waals surface area contributed by atoms with Gasteiger partial charge in [0.15, 0.2) is 0 Å². The smallest absolute Gasteiger partial charge is 0.387 e. The summed E-state index contributed by atoms with van der Waals surface area (Å²) in [6.07, 6.45) is 0. The first-order valence-electron chi connectivity index (χ1n) is 8.20. The number of hydrogen-bond acceptors (Lipinski definition) is 7. The van der Waals surface area contributed by atoms with E-state index in [1.807, 2.05) is 4.90 Å². The molecule has 3 aromatic rings. The second kappa shape index (κ2) is 8.53. The molecule has 0 unspecified atom stereocenters. The minimum Gasteiger partial charge on any atom is -0.435 e. The zero-order valence-electron chi connectivity index (χ0n) is 14.8. The summed E-state index contributed by atoms with van der Waals surface area (Å²) in [6, 6.07) is 12.4. The quantitative estimate of drug-likeness (QED) is 0.425. The summed E-state index contributed by atoms with van der Waals surface area (Å²) in [7, 11) is 1.80. The number of hydrogen-bond donors (Lipinski definition) is 0. The molecule has 0 bridgehead atoms. The van der Waals surface area contributed by atoms with E-state index in [9.17, 15) is 18.9 Å². The van der Waals surface area contributed by atoms with Crippen molar-refractivity contribution in [2.24, 2.45) is 0 Å². The number of nitro benzene ring substituents is 1. The molecular weight excluding hydrogens is 374 g/mol. The highest BCUT2D eigenvalue weighted by Gasteiger charge is 2.14. The SMILES string of the molecule is CN(Cc1cccc(OC(F)F)c1)Cc1nc(-c2cccc([N+](=O)[O-])c2)no1. The average Bonchev–Trinajstić information content (AvgIpc) is 3.10. The van der Waals surface area contributed by atoms with Crippen LogP contribution in [0, 0.1) is 10.1 Å². The Bertz CT molecular complexity index is 964. The number of halogens is 2. The van der Waals surface area contributed by atoms with Crippen molar-refractivity contribution in [3.8, 4) is 17.1 Å². The lowest BCUT2D eigenvalue weighted by atomic mass is 10.2. The highest BCUT2D eigenvalue weighted by molar-refractivity contribution is 5.58. The van der Waals surface area contributed by atoms with Gasteiger partial charge in [-0.25, -0.2) is 0 Å². The van der Waals surface area contributed by atoms with Crippen molar-refractivity contribution in [3.63, 3.8) is 0 Å². The first kappa shape index (κ1) is 19.4. The fourth-order valence-corrected chi connectivity index (χ4v) is 2.61. The zero-order chi connectivity index (χ0) is 20.1. The fraction of sp³-hybridized carbons (Fsp3) is 0.222. The Hall–Kier alpha value is -3.40. The Balaban J connectivity index is 1.65. The maximum absolute atomic E-state index is 12.3. The maximum Gasteiger partial charge on any atom is 0.387 e. The van der Waals surface area contributed by atoms with Gasteiger partial charge in [-0.05, 0) is 24.7 Å². The van der Waals surface area contributed by atoms with E-state index in [1.54, 1.807) is 31.3 Å². The molecule has 0 radical (unpaired) electrons. The number of non-ortho nitro benzene ring substituents is 1. The molecule has 0 aliphatic carbocycles. The molecule has 1 heterocycles. The molecule has 0 fully saturated rings. The standard InChI is InChI=1S/C18H16F2N4O4/c1-23(10-12-4-2-7-15(8-12)27-18(19)20)11-16-21-17(22-28-16)13-5-3-6-14(9-13)24(25)26/h2-9,18H,10-11H2,1H3. The lowest BCUT2D eigenvalue weighted by Crippen LogP contribution is -2.17. The number of alkyl halides is 2. The van der Waals surface area contributed by atoms with Gasteiger partial charge < -0.3 is 9.26 Å². The Morgan fingerprint density at radius 3 is 2.75 bits per heavy atom. The molecule has 10 heteroatoms. The molecule has 3 rings (SSSR count). The van der Waals surface area contributed by atoms with E-state index in [1.165, 1.54) is 24.3 Å². The van der Waals surface area contributed by atoms with Gasteiger partial charge in [-0.15, -0.1) is 0 Å². The fourth-order valence-electron chi connectivity index (χ4n) is 2.61. The van der Waals surface area contributed by atoms with Crippen LogP contribution >= 0.6 is 0 Å². The van der Waals surface area contributed by atoms with E-state index in [0.717, 1.165) is 5.56 Å². The molecule has 146 valence electrons. The van der Waals surface area contributed by atoms with Crippen molar-refractivity contribution >= 4 is 5.69 Å². The van der Waals surface area contributed by atoms with Gasteiger partial charge >= 0.3 is 6.61 Å². The number of nitro groups is 1. The van der Waals surface area contributed by atoms with E-state index in [2.05, 4.69) is 14.9 Å². The van der Waals surface area contributed by atoms with Gasteiger partial charge in [0, 0.05) is 24.2 Å². The van der Waals surface area contributed by atoms with Crippen LogP contribution in [-0.2, 0) is 13.1 Å². The largest absolute Gasteiger partial charge is 0.435 e. The van der Waals surface area contributed by atoms with Crippen LogP contribution < -0.4 is 4.74 Å². The van der Waals surface area contributed by atoms with Crippen molar-refractivity contribution in [1.82, 2.24) is 15.0 Å². The highest BCUT2D eigenvalue weighted by atomic mass is 19.3. The topological polar surface area (TPSA) is 94.5 Å². The van der Waals surface area contributed by atoms with Crippen molar-refractivity contribution < 1.29 is 23.0 Å². The van der Waals surface area contributed by atoms with Gasteiger partial charge in [0.05, 0.1) is 11.5 Å². The molecule has 0 N–H and O–H groups in total. The maximum atomic E-state index is 12.3. The van der Waals surface area contributed by atoms with E-state index in [-0.39, 0.29) is 17.3 Å². The van der Waals surface area contributed by atoms with Gasteiger partial charge in [-0.3, -0.25) is 15.0 Å². The third-order valence-corrected chi connectivity index (χ3v) is 3.76. The molecule has 0 amide bonds. The van der Waals surface area contributed by atoms with Crippen LogP contribution in [-0.4, -0.2) is 33.6 Å². The summed E-state index contributed by atoms with van der Waals surface area (Å²) in [5.74, 6) is 0.662. The van der Waals surface area contributed by atoms with Crippen molar-refractivity contribution in [2.75, 3.05) is 7.05 Å². The third kappa shape index (κ3) is 5.07. The third-order valence-electron chi connectivity index (χ3n) is 3.76. The summed E-state index contributed by atoms with van der Waals surface area (Å²) >= 11 is 0. The number of nitrogens with zero attached hydrogens (tertiary/aromatic N) is 4. The van der Waals surface area contributed by atoms with E-state index < -0.39 is 11.5 Å². The van der Waals surface area contributed by atoms with Crippen LogP contribution in [0.15, 0.2) is 53.1 Å².